The predicted molar refractivity (Wildman–Crippen MR) is 87.7 cm³/mol. The van der Waals surface area contributed by atoms with E-state index in [0.717, 1.165) is 32.0 Å². The highest BCUT2D eigenvalue weighted by Crippen LogP contribution is 2.28. The van der Waals surface area contributed by atoms with Gasteiger partial charge in [-0.05, 0) is 37.9 Å². The van der Waals surface area contributed by atoms with Crippen molar-refractivity contribution in [1.82, 2.24) is 10.0 Å². The molecule has 1 atom stereocenters. The summed E-state index contributed by atoms with van der Waals surface area (Å²) in [5, 5.41) is 14.0. The molecule has 0 saturated carbocycles. The first-order chi connectivity index (χ1) is 10.4. The van der Waals surface area contributed by atoms with Crippen molar-refractivity contribution in [2.45, 2.75) is 17.7 Å². The van der Waals surface area contributed by atoms with Crippen LogP contribution in [-0.4, -0.2) is 40.1 Å². The van der Waals surface area contributed by atoms with E-state index in [1.165, 1.54) is 19.2 Å². The monoisotopic (exact) mass is 365 g/mol. The number of nitro benzene ring substituents is 1. The molecule has 1 fully saturated rings. The summed E-state index contributed by atoms with van der Waals surface area (Å²) in [6.45, 7) is 2.14. The number of nitrogens with zero attached hydrogens (tertiary/aromatic N) is 1. The van der Waals surface area contributed by atoms with Crippen LogP contribution in [0.4, 0.5) is 5.69 Å². The molecule has 1 aromatic carbocycles. The number of rotatable bonds is 7. The number of sulfonamides is 1. The van der Waals surface area contributed by atoms with Crippen molar-refractivity contribution >= 4 is 28.1 Å². The number of benzene rings is 1. The molecule has 1 aliphatic rings. The number of halogens is 1. The summed E-state index contributed by atoms with van der Waals surface area (Å²) < 4.78 is 32.1. The number of methoxy groups -OCH3 is 1. The summed E-state index contributed by atoms with van der Waals surface area (Å²) in [4.78, 5) is 9.96. The van der Waals surface area contributed by atoms with Crippen LogP contribution in [0.25, 0.3) is 0 Å². The van der Waals surface area contributed by atoms with E-state index in [0.29, 0.717) is 12.5 Å². The lowest BCUT2D eigenvalue weighted by molar-refractivity contribution is -0.385. The summed E-state index contributed by atoms with van der Waals surface area (Å²) in [6, 6.07) is 3.51. The van der Waals surface area contributed by atoms with Crippen LogP contribution in [0.5, 0.6) is 5.75 Å². The normalized spacial score (nSPS) is 17.5. The van der Waals surface area contributed by atoms with E-state index in [1.807, 2.05) is 0 Å². The summed E-state index contributed by atoms with van der Waals surface area (Å²) >= 11 is 0. The molecule has 0 bridgehead atoms. The standard InChI is InChI=1S/C13H19N3O5S.ClH/c1-21-12-3-2-11(16(17)18)8-13(12)22(19,20)15-7-5-10-4-6-14-9-10;/h2-3,8,10,14-15H,4-7,9H2,1H3;1H. The number of nitrogens with one attached hydrogen (secondary N) is 2. The Morgan fingerprint density at radius 1 is 1.48 bits per heavy atom. The molecule has 1 heterocycles. The van der Waals surface area contributed by atoms with Crippen LogP contribution in [0.3, 0.4) is 0 Å². The van der Waals surface area contributed by atoms with Crippen LogP contribution < -0.4 is 14.8 Å². The molecule has 1 saturated heterocycles. The van der Waals surface area contributed by atoms with Gasteiger partial charge in [0.05, 0.1) is 12.0 Å². The summed E-state index contributed by atoms with van der Waals surface area (Å²) in [6.07, 6.45) is 1.76. The zero-order valence-corrected chi connectivity index (χ0v) is 14.3. The second-order valence-corrected chi connectivity index (χ2v) is 6.87. The van der Waals surface area contributed by atoms with Crippen molar-refractivity contribution in [2.75, 3.05) is 26.7 Å². The zero-order chi connectivity index (χ0) is 16.2. The van der Waals surface area contributed by atoms with Gasteiger partial charge in [-0.2, -0.15) is 0 Å². The van der Waals surface area contributed by atoms with E-state index in [4.69, 9.17) is 4.74 Å². The molecule has 8 nitrogen and oxygen atoms in total. The Hall–Kier alpha value is -1.42. The van der Waals surface area contributed by atoms with Crippen LogP contribution in [0.2, 0.25) is 0 Å². The van der Waals surface area contributed by atoms with Crippen molar-refractivity contribution in [2.24, 2.45) is 5.92 Å². The van der Waals surface area contributed by atoms with Gasteiger partial charge in [-0.25, -0.2) is 13.1 Å². The van der Waals surface area contributed by atoms with Gasteiger partial charge in [-0.3, -0.25) is 10.1 Å². The summed E-state index contributed by atoms with van der Waals surface area (Å²) in [7, 11) is -2.53. The van der Waals surface area contributed by atoms with Crippen LogP contribution in [0.15, 0.2) is 23.1 Å². The van der Waals surface area contributed by atoms with Crippen molar-refractivity contribution in [3.8, 4) is 5.75 Å². The van der Waals surface area contributed by atoms with E-state index in [9.17, 15) is 18.5 Å². The molecule has 0 aromatic heterocycles. The first-order valence-electron chi connectivity index (χ1n) is 6.97. The van der Waals surface area contributed by atoms with Crippen molar-refractivity contribution in [3.05, 3.63) is 28.3 Å². The molecular formula is C13H20ClN3O5S. The Morgan fingerprint density at radius 3 is 2.78 bits per heavy atom. The average Bonchev–Trinajstić information content (AvgIpc) is 2.99. The Bertz CT molecular complexity index is 647. The van der Waals surface area contributed by atoms with Gasteiger partial charge < -0.3 is 10.1 Å². The highest BCUT2D eigenvalue weighted by molar-refractivity contribution is 7.89. The minimum absolute atomic E-state index is 0. The summed E-state index contributed by atoms with van der Waals surface area (Å²) in [5.41, 5.74) is -0.291. The maximum Gasteiger partial charge on any atom is 0.271 e. The molecule has 0 aliphatic carbocycles. The van der Waals surface area contributed by atoms with Gasteiger partial charge in [0.1, 0.15) is 10.6 Å². The second-order valence-electron chi connectivity index (χ2n) is 5.14. The Balaban J connectivity index is 0.00000264. The molecule has 1 aliphatic heterocycles. The lowest BCUT2D eigenvalue weighted by Crippen LogP contribution is -2.27. The van der Waals surface area contributed by atoms with Crippen LogP contribution >= 0.6 is 12.4 Å². The quantitative estimate of drug-likeness (QED) is 0.556. The summed E-state index contributed by atoms with van der Waals surface area (Å²) in [5.74, 6) is 0.537. The smallest absolute Gasteiger partial charge is 0.271 e. The number of non-ortho nitro benzene ring substituents is 1. The van der Waals surface area contributed by atoms with Crippen LogP contribution in [-0.2, 0) is 10.0 Å². The predicted octanol–water partition coefficient (Wildman–Crippen LogP) is 1.30. The molecular weight excluding hydrogens is 346 g/mol. The topological polar surface area (TPSA) is 111 Å². The maximum absolute atomic E-state index is 12.3. The molecule has 10 heteroatoms. The van der Waals surface area contributed by atoms with E-state index >= 15 is 0 Å². The third-order valence-electron chi connectivity index (χ3n) is 3.65. The SMILES string of the molecule is COc1ccc([N+](=O)[O-])cc1S(=O)(=O)NCCC1CCNC1.Cl. The third-order valence-corrected chi connectivity index (χ3v) is 5.14. The molecule has 0 amide bonds. The van der Waals surface area contributed by atoms with Crippen LogP contribution in [0.1, 0.15) is 12.8 Å². The van der Waals surface area contributed by atoms with Gasteiger partial charge in [-0.15, -0.1) is 12.4 Å². The molecule has 130 valence electrons. The van der Waals surface area contributed by atoms with Gasteiger partial charge in [-0.1, -0.05) is 0 Å². The number of hydrogen-bond donors (Lipinski definition) is 2. The number of ether oxygens (including phenoxy) is 1. The molecule has 1 aromatic rings. The Morgan fingerprint density at radius 2 is 2.22 bits per heavy atom. The van der Waals surface area contributed by atoms with Crippen LogP contribution in [0, 0.1) is 16.0 Å². The van der Waals surface area contributed by atoms with E-state index in [-0.39, 0.29) is 28.7 Å². The average molecular weight is 366 g/mol. The molecule has 1 unspecified atom stereocenters. The highest BCUT2D eigenvalue weighted by atomic mass is 35.5. The molecule has 2 rings (SSSR count). The fraction of sp³-hybridized carbons (Fsp3) is 0.538. The molecule has 23 heavy (non-hydrogen) atoms. The Labute approximate surface area is 141 Å². The number of nitro groups is 1. The lowest BCUT2D eigenvalue weighted by atomic mass is 10.1. The molecule has 0 spiro atoms. The first kappa shape index (κ1) is 19.6. The fourth-order valence-corrected chi connectivity index (χ4v) is 3.66. The number of hydrogen-bond acceptors (Lipinski definition) is 6. The Kier molecular flexibility index (Phi) is 7.20. The van der Waals surface area contributed by atoms with Crippen molar-refractivity contribution in [1.29, 1.82) is 0 Å². The zero-order valence-electron chi connectivity index (χ0n) is 12.6. The van der Waals surface area contributed by atoms with Crippen molar-refractivity contribution in [3.63, 3.8) is 0 Å². The minimum atomic E-state index is -3.85. The molecule has 0 radical (unpaired) electrons. The minimum Gasteiger partial charge on any atom is -0.495 e. The second kappa shape index (κ2) is 8.44. The van der Waals surface area contributed by atoms with Crippen molar-refractivity contribution < 1.29 is 18.1 Å². The maximum atomic E-state index is 12.3. The van der Waals surface area contributed by atoms with Gasteiger partial charge >= 0.3 is 0 Å². The van der Waals surface area contributed by atoms with E-state index in [1.54, 1.807) is 0 Å². The first-order valence-corrected chi connectivity index (χ1v) is 8.45. The lowest BCUT2D eigenvalue weighted by Gasteiger charge is -2.12. The largest absolute Gasteiger partial charge is 0.495 e. The molecule has 2 N–H and O–H groups in total. The fourth-order valence-electron chi connectivity index (χ4n) is 2.42. The van der Waals surface area contributed by atoms with E-state index < -0.39 is 14.9 Å². The van der Waals surface area contributed by atoms with Gasteiger partial charge in [0, 0.05) is 18.7 Å². The van der Waals surface area contributed by atoms with E-state index in [2.05, 4.69) is 10.0 Å². The van der Waals surface area contributed by atoms with Gasteiger partial charge in [0.2, 0.25) is 10.0 Å². The highest BCUT2D eigenvalue weighted by Gasteiger charge is 2.23. The van der Waals surface area contributed by atoms with Gasteiger partial charge in [0.25, 0.3) is 5.69 Å². The van der Waals surface area contributed by atoms with Gasteiger partial charge in [0.15, 0.2) is 0 Å². The third kappa shape index (κ3) is 5.03.